The number of nitrogens with one attached hydrogen (secondary N) is 2. The number of aromatic nitrogens is 2. The number of carbonyl (C=O) groups excluding carboxylic acids is 1. The molecule has 0 unspecified atom stereocenters. The van der Waals surface area contributed by atoms with Crippen molar-refractivity contribution in [3.05, 3.63) is 11.9 Å². The van der Waals surface area contributed by atoms with Gasteiger partial charge in [-0.05, 0) is 13.3 Å². The number of amides is 2. The van der Waals surface area contributed by atoms with Crippen molar-refractivity contribution in [2.24, 2.45) is 7.05 Å². The van der Waals surface area contributed by atoms with Crippen LogP contribution in [0.4, 0.5) is 10.5 Å². The van der Waals surface area contributed by atoms with Crippen LogP contribution in [-0.2, 0) is 18.3 Å². The molecule has 0 saturated carbocycles. The summed E-state index contributed by atoms with van der Waals surface area (Å²) in [6, 6.07) is -2.06. The van der Waals surface area contributed by atoms with Crippen molar-refractivity contribution in [2.75, 3.05) is 5.32 Å². The number of carbonyl (C=O) groups is 2. The van der Waals surface area contributed by atoms with Gasteiger partial charge in [0, 0.05) is 13.2 Å². The van der Waals surface area contributed by atoms with Gasteiger partial charge in [-0.25, -0.2) is 9.59 Å². The van der Waals surface area contributed by atoms with Crippen molar-refractivity contribution >= 4 is 17.7 Å². The maximum absolute atomic E-state index is 11.7. The second kappa shape index (κ2) is 6.19. The molecule has 0 fully saturated rings. The van der Waals surface area contributed by atoms with Crippen LogP contribution in [0.1, 0.15) is 19.5 Å². The van der Waals surface area contributed by atoms with Gasteiger partial charge in [0.15, 0.2) is 6.04 Å². The highest BCUT2D eigenvalue weighted by molar-refractivity contribution is 5.92. The van der Waals surface area contributed by atoms with Gasteiger partial charge in [0.2, 0.25) is 0 Å². The van der Waals surface area contributed by atoms with Gasteiger partial charge in [-0.15, -0.1) is 0 Å². The first-order valence-electron chi connectivity index (χ1n) is 5.86. The Balaban J connectivity index is 2.71. The van der Waals surface area contributed by atoms with Gasteiger partial charge >= 0.3 is 12.0 Å². The number of carboxylic acid groups (broad SMARTS) is 1. The summed E-state index contributed by atoms with van der Waals surface area (Å²) in [5, 5.41) is 27.0. The number of carboxylic acids is 1. The number of hydrogen-bond donors (Lipinski definition) is 4. The molecular weight excluding hydrogens is 252 g/mol. The van der Waals surface area contributed by atoms with Crippen LogP contribution in [0.2, 0.25) is 0 Å². The van der Waals surface area contributed by atoms with Crippen LogP contribution in [0.3, 0.4) is 0 Å². The number of aryl methyl sites for hydroxylation is 2. The summed E-state index contributed by atoms with van der Waals surface area (Å²) in [4.78, 5) is 22.5. The second-order valence-corrected chi connectivity index (χ2v) is 4.17. The van der Waals surface area contributed by atoms with Crippen LogP contribution in [0.25, 0.3) is 0 Å². The minimum absolute atomic E-state index is 0.511. The Bertz CT molecular complexity index is 469. The third-order valence-electron chi connectivity index (χ3n) is 2.52. The Kier molecular flexibility index (Phi) is 4.87. The molecule has 1 heterocycles. The predicted molar refractivity (Wildman–Crippen MR) is 67.8 cm³/mol. The summed E-state index contributed by atoms with van der Waals surface area (Å²) in [6.45, 7) is 3.18. The number of aliphatic hydroxyl groups is 1. The lowest BCUT2D eigenvalue weighted by Gasteiger charge is -2.17. The van der Waals surface area contributed by atoms with Crippen molar-refractivity contribution in [3.8, 4) is 0 Å². The van der Waals surface area contributed by atoms with Gasteiger partial charge in [0.1, 0.15) is 0 Å². The van der Waals surface area contributed by atoms with Crippen molar-refractivity contribution in [2.45, 2.75) is 32.4 Å². The van der Waals surface area contributed by atoms with Crippen LogP contribution in [0.5, 0.6) is 0 Å². The Morgan fingerprint density at radius 3 is 2.63 bits per heavy atom. The van der Waals surface area contributed by atoms with E-state index in [1.807, 2.05) is 6.92 Å². The fraction of sp³-hybridized carbons (Fsp3) is 0.545. The van der Waals surface area contributed by atoms with Crippen molar-refractivity contribution in [1.82, 2.24) is 15.1 Å². The number of aliphatic hydroxyl groups excluding tert-OH is 1. The maximum Gasteiger partial charge on any atom is 0.328 e. The Morgan fingerprint density at radius 1 is 1.53 bits per heavy atom. The van der Waals surface area contributed by atoms with Crippen LogP contribution >= 0.6 is 0 Å². The number of nitrogens with zero attached hydrogens (tertiary/aromatic N) is 2. The zero-order valence-corrected chi connectivity index (χ0v) is 11.0. The first kappa shape index (κ1) is 15.0. The average molecular weight is 270 g/mol. The Labute approximate surface area is 110 Å². The van der Waals surface area contributed by atoms with Crippen LogP contribution in [0, 0.1) is 0 Å². The topological polar surface area (TPSA) is 116 Å². The standard InChI is InChI=1S/C11H18N4O4/c1-4-7-8(5-15(3)14-7)12-11(19)13-9(6(2)16)10(17)18/h5-6,9,16H,4H2,1-3H3,(H,17,18)(H2,12,13,19)/t6-,9+/m1/s1. The number of aliphatic carboxylic acids is 1. The van der Waals surface area contributed by atoms with Crippen molar-refractivity contribution in [1.29, 1.82) is 0 Å². The molecule has 0 aliphatic heterocycles. The van der Waals surface area contributed by atoms with E-state index < -0.39 is 24.1 Å². The molecular formula is C11H18N4O4. The molecule has 1 aromatic heterocycles. The van der Waals surface area contributed by atoms with Gasteiger partial charge in [-0.1, -0.05) is 6.92 Å². The van der Waals surface area contributed by atoms with Gasteiger partial charge in [0.05, 0.1) is 17.5 Å². The first-order chi connectivity index (χ1) is 8.85. The fourth-order valence-corrected chi connectivity index (χ4v) is 1.59. The molecule has 0 spiro atoms. The lowest BCUT2D eigenvalue weighted by molar-refractivity contribution is -0.141. The summed E-state index contributed by atoms with van der Waals surface area (Å²) < 4.78 is 1.55. The molecule has 0 saturated heterocycles. The quantitative estimate of drug-likeness (QED) is 0.598. The summed E-state index contributed by atoms with van der Waals surface area (Å²) in [5.41, 5.74) is 1.21. The SMILES string of the molecule is CCc1nn(C)cc1NC(=O)N[C@H](C(=O)O)[C@@H](C)O. The minimum atomic E-state index is -1.36. The van der Waals surface area contributed by atoms with E-state index in [1.54, 1.807) is 17.9 Å². The molecule has 8 nitrogen and oxygen atoms in total. The van der Waals surface area contributed by atoms with Crippen molar-refractivity contribution in [3.63, 3.8) is 0 Å². The first-order valence-corrected chi connectivity index (χ1v) is 5.86. The summed E-state index contributed by atoms with van der Waals surface area (Å²) in [5.74, 6) is -1.30. The van der Waals surface area contributed by atoms with Gasteiger partial charge in [-0.3, -0.25) is 4.68 Å². The zero-order valence-electron chi connectivity index (χ0n) is 11.0. The number of urea groups is 1. The molecule has 19 heavy (non-hydrogen) atoms. The Hall–Kier alpha value is -2.09. The maximum atomic E-state index is 11.7. The van der Waals surface area contributed by atoms with Crippen LogP contribution in [0.15, 0.2) is 6.20 Å². The van der Waals surface area contributed by atoms with E-state index in [0.717, 1.165) is 0 Å². The molecule has 0 aliphatic carbocycles. The molecule has 0 aliphatic rings. The third kappa shape index (κ3) is 3.95. The lowest BCUT2D eigenvalue weighted by atomic mass is 10.2. The van der Waals surface area contributed by atoms with E-state index in [-0.39, 0.29) is 0 Å². The predicted octanol–water partition coefficient (Wildman–Crippen LogP) is -0.0620. The second-order valence-electron chi connectivity index (χ2n) is 4.17. The number of hydrogen-bond acceptors (Lipinski definition) is 4. The smallest absolute Gasteiger partial charge is 0.328 e. The van der Waals surface area contributed by atoms with E-state index in [0.29, 0.717) is 17.8 Å². The number of anilines is 1. The molecule has 106 valence electrons. The molecule has 2 amide bonds. The van der Waals surface area contributed by atoms with E-state index in [4.69, 9.17) is 5.11 Å². The number of rotatable bonds is 5. The molecule has 8 heteroatoms. The van der Waals surface area contributed by atoms with Gasteiger partial charge in [0.25, 0.3) is 0 Å². The molecule has 2 atom stereocenters. The highest BCUT2D eigenvalue weighted by Gasteiger charge is 2.25. The lowest BCUT2D eigenvalue weighted by Crippen LogP contribution is -2.49. The summed E-state index contributed by atoms with van der Waals surface area (Å²) in [6.07, 6.45) is 1.06. The molecule has 4 N–H and O–H groups in total. The highest BCUT2D eigenvalue weighted by atomic mass is 16.4. The van der Waals surface area contributed by atoms with Crippen LogP contribution in [-0.4, -0.2) is 44.1 Å². The molecule has 0 bridgehead atoms. The third-order valence-corrected chi connectivity index (χ3v) is 2.52. The van der Waals surface area contributed by atoms with Gasteiger partial charge < -0.3 is 20.8 Å². The molecule has 1 aromatic rings. The minimum Gasteiger partial charge on any atom is -0.480 e. The van der Waals surface area contributed by atoms with E-state index in [1.165, 1.54) is 6.92 Å². The molecule has 0 aromatic carbocycles. The monoisotopic (exact) mass is 270 g/mol. The van der Waals surface area contributed by atoms with Crippen LogP contribution < -0.4 is 10.6 Å². The average Bonchev–Trinajstić information content (AvgIpc) is 2.65. The molecule has 0 radical (unpaired) electrons. The van der Waals surface area contributed by atoms with E-state index >= 15 is 0 Å². The van der Waals surface area contributed by atoms with Crippen molar-refractivity contribution < 1.29 is 19.8 Å². The van der Waals surface area contributed by atoms with E-state index in [9.17, 15) is 14.7 Å². The summed E-state index contributed by atoms with van der Waals surface area (Å²) in [7, 11) is 1.72. The zero-order chi connectivity index (χ0) is 14.6. The summed E-state index contributed by atoms with van der Waals surface area (Å²) >= 11 is 0. The Morgan fingerprint density at radius 2 is 2.16 bits per heavy atom. The normalized spacial score (nSPS) is 13.7. The molecule has 1 rings (SSSR count). The highest BCUT2D eigenvalue weighted by Crippen LogP contribution is 2.13. The van der Waals surface area contributed by atoms with E-state index in [2.05, 4.69) is 15.7 Å². The largest absolute Gasteiger partial charge is 0.480 e. The fourth-order valence-electron chi connectivity index (χ4n) is 1.59. The van der Waals surface area contributed by atoms with Gasteiger partial charge in [-0.2, -0.15) is 5.10 Å².